The monoisotopic (exact) mass is 134 g/mol. The van der Waals surface area contributed by atoms with Crippen molar-refractivity contribution in [3.8, 4) is 0 Å². The highest BCUT2D eigenvalue weighted by atomic mass is 13.7. The molecule has 0 aliphatic carbocycles. The number of allylic oxidation sites excluding steroid dienone is 6. The first-order chi connectivity index (χ1) is 4.91. The fraction of sp³-hybridized carbons (Fsp3) is 0.200. The number of hydrogen-bond acceptors (Lipinski definition) is 0. The van der Waals surface area contributed by atoms with E-state index in [0.29, 0.717) is 0 Å². The van der Waals surface area contributed by atoms with Crippen molar-refractivity contribution < 1.29 is 0 Å². The van der Waals surface area contributed by atoms with Crippen LogP contribution in [-0.4, -0.2) is 0 Å². The van der Waals surface area contributed by atoms with Crippen LogP contribution < -0.4 is 0 Å². The van der Waals surface area contributed by atoms with Crippen LogP contribution in [0.1, 0.15) is 12.8 Å². The van der Waals surface area contributed by atoms with E-state index in [4.69, 9.17) is 0 Å². The SMILES string of the molecule is C=C/C=C\C/C=C/CC=C. The van der Waals surface area contributed by atoms with E-state index in [0.717, 1.165) is 12.8 Å². The maximum absolute atomic E-state index is 3.61. The zero-order valence-electron chi connectivity index (χ0n) is 6.29. The molecule has 0 saturated heterocycles. The second kappa shape index (κ2) is 7.96. The second-order valence-corrected chi connectivity index (χ2v) is 1.90. The summed E-state index contributed by atoms with van der Waals surface area (Å²) in [5.74, 6) is 0. The molecule has 0 heteroatoms. The lowest BCUT2D eigenvalue weighted by molar-refractivity contribution is 1.32. The first kappa shape index (κ1) is 8.96. The molecular formula is C10H14. The third-order valence-corrected chi connectivity index (χ3v) is 1.01. The molecule has 0 aromatic heterocycles. The molecule has 0 aliphatic rings. The van der Waals surface area contributed by atoms with E-state index in [2.05, 4.69) is 31.4 Å². The zero-order valence-corrected chi connectivity index (χ0v) is 6.29. The Hall–Kier alpha value is -1.04. The van der Waals surface area contributed by atoms with Gasteiger partial charge in [-0.05, 0) is 12.8 Å². The molecule has 0 N–H and O–H groups in total. The Morgan fingerprint density at radius 1 is 0.900 bits per heavy atom. The summed E-state index contributed by atoms with van der Waals surface area (Å²) in [5.41, 5.74) is 0. The van der Waals surface area contributed by atoms with E-state index in [-0.39, 0.29) is 0 Å². The maximum Gasteiger partial charge on any atom is -0.0166 e. The predicted octanol–water partition coefficient (Wildman–Crippen LogP) is 3.25. The quantitative estimate of drug-likeness (QED) is 0.400. The second-order valence-electron chi connectivity index (χ2n) is 1.90. The first-order valence-electron chi connectivity index (χ1n) is 3.45. The van der Waals surface area contributed by atoms with Gasteiger partial charge >= 0.3 is 0 Å². The molecule has 0 unspecified atom stereocenters. The van der Waals surface area contributed by atoms with Crippen LogP contribution >= 0.6 is 0 Å². The Kier molecular flexibility index (Phi) is 7.13. The summed E-state index contributed by atoms with van der Waals surface area (Å²) < 4.78 is 0. The van der Waals surface area contributed by atoms with Crippen LogP contribution in [0.5, 0.6) is 0 Å². The zero-order chi connectivity index (χ0) is 7.66. The van der Waals surface area contributed by atoms with Gasteiger partial charge in [0.25, 0.3) is 0 Å². The Labute approximate surface area is 63.3 Å². The van der Waals surface area contributed by atoms with Gasteiger partial charge in [-0.15, -0.1) is 6.58 Å². The largest absolute Gasteiger partial charge is 0.103 e. The molecule has 0 aromatic rings. The van der Waals surface area contributed by atoms with Gasteiger partial charge in [0, 0.05) is 0 Å². The summed E-state index contributed by atoms with van der Waals surface area (Å²) in [6.07, 6.45) is 13.8. The summed E-state index contributed by atoms with van der Waals surface area (Å²) in [5, 5.41) is 0. The van der Waals surface area contributed by atoms with Crippen LogP contribution in [0.2, 0.25) is 0 Å². The van der Waals surface area contributed by atoms with Crippen molar-refractivity contribution in [2.45, 2.75) is 12.8 Å². The van der Waals surface area contributed by atoms with Gasteiger partial charge in [0.05, 0.1) is 0 Å². The van der Waals surface area contributed by atoms with Gasteiger partial charge in [-0.25, -0.2) is 0 Å². The van der Waals surface area contributed by atoms with E-state index in [1.54, 1.807) is 6.08 Å². The van der Waals surface area contributed by atoms with Gasteiger partial charge in [0.1, 0.15) is 0 Å². The van der Waals surface area contributed by atoms with Crippen molar-refractivity contribution in [2.75, 3.05) is 0 Å². The van der Waals surface area contributed by atoms with Gasteiger partial charge in [-0.3, -0.25) is 0 Å². The summed E-state index contributed by atoms with van der Waals surface area (Å²) in [6.45, 7) is 7.18. The van der Waals surface area contributed by atoms with E-state index >= 15 is 0 Å². The third-order valence-electron chi connectivity index (χ3n) is 1.01. The van der Waals surface area contributed by atoms with E-state index < -0.39 is 0 Å². The van der Waals surface area contributed by atoms with Gasteiger partial charge in [0.15, 0.2) is 0 Å². The third kappa shape index (κ3) is 6.96. The van der Waals surface area contributed by atoms with Crippen molar-refractivity contribution >= 4 is 0 Å². The minimum absolute atomic E-state index is 0.960. The fourth-order valence-electron chi connectivity index (χ4n) is 0.542. The lowest BCUT2D eigenvalue weighted by atomic mass is 10.3. The lowest BCUT2D eigenvalue weighted by Crippen LogP contribution is -1.58. The Morgan fingerprint density at radius 2 is 1.60 bits per heavy atom. The normalized spacial score (nSPS) is 10.8. The molecule has 0 nitrogen and oxygen atoms in total. The van der Waals surface area contributed by atoms with E-state index in [1.807, 2.05) is 12.2 Å². The van der Waals surface area contributed by atoms with Crippen molar-refractivity contribution in [3.05, 3.63) is 49.6 Å². The van der Waals surface area contributed by atoms with Gasteiger partial charge in [0.2, 0.25) is 0 Å². The molecule has 0 atom stereocenters. The topological polar surface area (TPSA) is 0 Å². The van der Waals surface area contributed by atoms with E-state index in [9.17, 15) is 0 Å². The molecule has 0 aromatic carbocycles. The molecule has 0 fully saturated rings. The molecule has 0 amide bonds. The van der Waals surface area contributed by atoms with Crippen molar-refractivity contribution in [1.82, 2.24) is 0 Å². The number of hydrogen-bond donors (Lipinski definition) is 0. The average molecular weight is 134 g/mol. The number of rotatable bonds is 5. The minimum atomic E-state index is 0.960. The molecule has 0 radical (unpaired) electrons. The highest BCUT2D eigenvalue weighted by molar-refractivity contribution is 5.01. The lowest BCUT2D eigenvalue weighted by Gasteiger charge is -1.79. The van der Waals surface area contributed by atoms with Gasteiger partial charge in [-0.1, -0.05) is 43.0 Å². The molecular weight excluding hydrogens is 120 g/mol. The summed E-state index contributed by atoms with van der Waals surface area (Å²) in [6, 6.07) is 0. The average Bonchev–Trinajstić information content (AvgIpc) is 1.97. The van der Waals surface area contributed by atoms with Crippen LogP contribution in [0.25, 0.3) is 0 Å². The fourth-order valence-corrected chi connectivity index (χ4v) is 0.542. The summed E-state index contributed by atoms with van der Waals surface area (Å²) >= 11 is 0. The van der Waals surface area contributed by atoms with Crippen LogP contribution in [0, 0.1) is 0 Å². The molecule has 0 aliphatic heterocycles. The first-order valence-corrected chi connectivity index (χ1v) is 3.45. The highest BCUT2D eigenvalue weighted by Gasteiger charge is 1.68. The van der Waals surface area contributed by atoms with Crippen molar-refractivity contribution in [1.29, 1.82) is 0 Å². The van der Waals surface area contributed by atoms with Crippen LogP contribution in [0.3, 0.4) is 0 Å². The predicted molar refractivity (Wildman–Crippen MR) is 47.9 cm³/mol. The van der Waals surface area contributed by atoms with Crippen molar-refractivity contribution in [2.24, 2.45) is 0 Å². The molecule has 54 valence electrons. The molecule has 0 heterocycles. The molecule has 0 bridgehead atoms. The maximum atomic E-state index is 3.61. The standard InChI is InChI=1S/C10H14/c1-3-5-7-9-10-8-6-4-2/h3-5,7-8,10H,1-2,6,9H2/b7-5-,10-8+. The van der Waals surface area contributed by atoms with Gasteiger partial charge < -0.3 is 0 Å². The molecule has 0 saturated carbocycles. The smallest absolute Gasteiger partial charge is 0.0166 e. The van der Waals surface area contributed by atoms with Crippen LogP contribution in [-0.2, 0) is 0 Å². The Bertz CT molecular complexity index is 138. The van der Waals surface area contributed by atoms with E-state index in [1.165, 1.54) is 0 Å². The Morgan fingerprint density at radius 3 is 2.20 bits per heavy atom. The molecule has 0 spiro atoms. The van der Waals surface area contributed by atoms with Crippen LogP contribution in [0.15, 0.2) is 49.6 Å². The van der Waals surface area contributed by atoms with Crippen LogP contribution in [0.4, 0.5) is 0 Å². The highest BCUT2D eigenvalue weighted by Crippen LogP contribution is 1.89. The summed E-state index contributed by atoms with van der Waals surface area (Å²) in [4.78, 5) is 0. The minimum Gasteiger partial charge on any atom is -0.103 e. The summed E-state index contributed by atoms with van der Waals surface area (Å²) in [7, 11) is 0. The molecule has 10 heavy (non-hydrogen) atoms. The van der Waals surface area contributed by atoms with Crippen molar-refractivity contribution in [3.63, 3.8) is 0 Å². The molecule has 0 rings (SSSR count). The van der Waals surface area contributed by atoms with Gasteiger partial charge in [-0.2, -0.15) is 0 Å². The Balaban J connectivity index is 3.25.